The molecule has 2 atom stereocenters. The van der Waals surface area contributed by atoms with Crippen LogP contribution >= 0.6 is 0 Å². The third-order valence-corrected chi connectivity index (χ3v) is 5.64. The predicted molar refractivity (Wildman–Crippen MR) is 96.7 cm³/mol. The van der Waals surface area contributed by atoms with Gasteiger partial charge in [0.25, 0.3) is 5.82 Å². The van der Waals surface area contributed by atoms with Gasteiger partial charge in [-0.2, -0.15) is 17.7 Å². The van der Waals surface area contributed by atoms with E-state index < -0.39 is 12.0 Å². The maximum absolute atomic E-state index is 13.1. The number of halogens is 3. The van der Waals surface area contributed by atoms with Crippen molar-refractivity contribution in [1.29, 1.82) is 0 Å². The summed E-state index contributed by atoms with van der Waals surface area (Å²) in [5, 5.41) is 11.0. The molecular weight excluding hydrogens is 369 g/mol. The van der Waals surface area contributed by atoms with Crippen LogP contribution in [0, 0.1) is 11.8 Å². The second kappa shape index (κ2) is 6.44. The Labute approximate surface area is 159 Å². The van der Waals surface area contributed by atoms with E-state index in [1.807, 2.05) is 6.07 Å². The third kappa shape index (κ3) is 3.09. The zero-order chi connectivity index (χ0) is 19.3. The average molecular weight is 388 g/mol. The lowest BCUT2D eigenvalue weighted by atomic mass is 10.0. The van der Waals surface area contributed by atoms with E-state index in [-0.39, 0.29) is 5.65 Å². The summed E-state index contributed by atoms with van der Waals surface area (Å²) in [7, 11) is 0. The van der Waals surface area contributed by atoms with Crippen molar-refractivity contribution < 1.29 is 13.2 Å². The molecule has 9 heteroatoms. The molecule has 0 radical (unpaired) electrons. The first-order valence-electron chi connectivity index (χ1n) is 9.28. The number of alkyl halides is 3. The lowest BCUT2D eigenvalue weighted by Crippen LogP contribution is -2.29. The number of rotatable bonds is 3. The fraction of sp³-hybridized carbons (Fsp3) is 0.421. The molecule has 2 aliphatic rings. The van der Waals surface area contributed by atoms with Crippen molar-refractivity contribution >= 4 is 11.5 Å². The van der Waals surface area contributed by atoms with Crippen molar-refractivity contribution in [2.45, 2.75) is 12.7 Å². The maximum atomic E-state index is 13.1. The summed E-state index contributed by atoms with van der Waals surface area (Å²) in [6, 6.07) is 13.7. The summed E-state index contributed by atoms with van der Waals surface area (Å²) in [6.45, 7) is 4.54. The lowest BCUT2D eigenvalue weighted by molar-refractivity contribution is -0.146. The van der Waals surface area contributed by atoms with Gasteiger partial charge >= 0.3 is 6.18 Å². The second-order valence-electron chi connectivity index (χ2n) is 7.59. The highest BCUT2D eigenvalue weighted by Gasteiger charge is 2.41. The van der Waals surface area contributed by atoms with Gasteiger partial charge in [0.2, 0.25) is 0 Å². The van der Waals surface area contributed by atoms with Crippen LogP contribution in [0.5, 0.6) is 0 Å². The highest BCUT2D eigenvalue weighted by atomic mass is 19.4. The molecular formula is C19H19F3N6. The van der Waals surface area contributed by atoms with E-state index in [1.165, 1.54) is 5.56 Å². The number of likely N-dealkylation sites (tertiary alicyclic amines) is 1. The summed E-state index contributed by atoms with van der Waals surface area (Å²) < 4.78 is 40.1. The Bertz CT molecular complexity index is 972. The van der Waals surface area contributed by atoms with Gasteiger partial charge in [0.15, 0.2) is 5.65 Å². The van der Waals surface area contributed by atoms with Gasteiger partial charge in [-0.15, -0.1) is 15.3 Å². The number of hydrogen-bond acceptors (Lipinski definition) is 5. The zero-order valence-corrected chi connectivity index (χ0v) is 15.0. The number of fused-ring (bicyclic) bond motifs is 2. The molecule has 0 saturated carbocycles. The van der Waals surface area contributed by atoms with Crippen LogP contribution in [-0.2, 0) is 12.7 Å². The Morgan fingerprint density at radius 3 is 2.29 bits per heavy atom. The number of benzene rings is 1. The summed E-state index contributed by atoms with van der Waals surface area (Å²) in [6.07, 6.45) is -4.58. The van der Waals surface area contributed by atoms with Crippen molar-refractivity contribution in [2.24, 2.45) is 11.8 Å². The largest absolute Gasteiger partial charge is 0.453 e. The Balaban J connectivity index is 1.30. The first-order chi connectivity index (χ1) is 13.5. The van der Waals surface area contributed by atoms with Crippen molar-refractivity contribution in [3.63, 3.8) is 0 Å². The van der Waals surface area contributed by atoms with Crippen LogP contribution in [0.4, 0.5) is 19.0 Å². The minimum atomic E-state index is -4.58. The summed E-state index contributed by atoms with van der Waals surface area (Å²) >= 11 is 0. The molecule has 0 aliphatic carbocycles. The van der Waals surface area contributed by atoms with Crippen molar-refractivity contribution in [3.05, 3.63) is 53.9 Å². The van der Waals surface area contributed by atoms with Gasteiger partial charge in [-0.3, -0.25) is 4.90 Å². The molecule has 0 spiro atoms. The minimum absolute atomic E-state index is 0.101. The number of hydrogen-bond donors (Lipinski definition) is 0. The number of anilines is 1. The van der Waals surface area contributed by atoms with E-state index in [1.54, 1.807) is 12.1 Å². The maximum Gasteiger partial charge on any atom is 0.453 e. The van der Waals surface area contributed by atoms with Crippen LogP contribution in [0.25, 0.3) is 5.65 Å². The predicted octanol–water partition coefficient (Wildman–Crippen LogP) is 2.71. The first-order valence-corrected chi connectivity index (χ1v) is 9.28. The molecule has 0 bridgehead atoms. The van der Waals surface area contributed by atoms with Crippen LogP contribution in [0.15, 0.2) is 42.5 Å². The molecule has 5 rings (SSSR count). The average Bonchev–Trinajstić information content (AvgIpc) is 3.33. The molecule has 2 aliphatic heterocycles. The fourth-order valence-corrected chi connectivity index (χ4v) is 4.37. The molecule has 2 aromatic heterocycles. The highest BCUT2D eigenvalue weighted by molar-refractivity contribution is 5.47. The van der Waals surface area contributed by atoms with Gasteiger partial charge in [0, 0.05) is 32.7 Å². The molecule has 3 aromatic rings. The van der Waals surface area contributed by atoms with Crippen LogP contribution in [0.2, 0.25) is 0 Å². The topological polar surface area (TPSA) is 49.6 Å². The standard InChI is InChI=1S/C19H19F3N6/c20-19(21,22)18-24-23-16-6-7-17(25-28(16)18)27-11-14-9-26(10-15(14)12-27)8-13-4-2-1-3-5-13/h1-7,14-15H,8-12H2. The normalized spacial score (nSPS) is 22.9. The molecule has 2 saturated heterocycles. The van der Waals surface area contributed by atoms with Crippen molar-refractivity contribution in [1.82, 2.24) is 24.7 Å². The third-order valence-electron chi connectivity index (χ3n) is 5.64. The Kier molecular flexibility index (Phi) is 4.01. The molecule has 0 N–H and O–H groups in total. The number of aromatic nitrogens is 4. The second-order valence-corrected chi connectivity index (χ2v) is 7.59. The zero-order valence-electron chi connectivity index (χ0n) is 15.0. The van der Waals surface area contributed by atoms with E-state index in [2.05, 4.69) is 49.4 Å². The molecule has 1 aromatic carbocycles. The Morgan fingerprint density at radius 1 is 0.893 bits per heavy atom. The van der Waals surface area contributed by atoms with E-state index in [0.717, 1.165) is 37.2 Å². The highest BCUT2D eigenvalue weighted by Crippen LogP contribution is 2.34. The lowest BCUT2D eigenvalue weighted by Gasteiger charge is -2.22. The SMILES string of the molecule is FC(F)(F)c1nnc2ccc(N3CC4CN(Cc5ccccc5)CC4C3)nn12. The molecule has 28 heavy (non-hydrogen) atoms. The summed E-state index contributed by atoms with van der Waals surface area (Å²) in [5.74, 6) is 0.466. The van der Waals surface area contributed by atoms with Gasteiger partial charge in [-0.1, -0.05) is 30.3 Å². The molecule has 2 unspecified atom stereocenters. The number of nitrogens with zero attached hydrogens (tertiary/aromatic N) is 6. The van der Waals surface area contributed by atoms with Crippen LogP contribution in [0.3, 0.4) is 0 Å². The van der Waals surface area contributed by atoms with Gasteiger partial charge in [0.1, 0.15) is 5.82 Å². The Hall–Kier alpha value is -2.68. The quantitative estimate of drug-likeness (QED) is 0.691. The Morgan fingerprint density at radius 2 is 1.61 bits per heavy atom. The first kappa shape index (κ1) is 17.4. The molecule has 4 heterocycles. The van der Waals surface area contributed by atoms with Crippen molar-refractivity contribution in [3.8, 4) is 0 Å². The van der Waals surface area contributed by atoms with E-state index in [0.29, 0.717) is 17.7 Å². The molecule has 146 valence electrons. The monoisotopic (exact) mass is 388 g/mol. The van der Waals surface area contributed by atoms with Crippen LogP contribution in [-0.4, -0.2) is 50.9 Å². The van der Waals surface area contributed by atoms with E-state index >= 15 is 0 Å². The van der Waals surface area contributed by atoms with Crippen LogP contribution < -0.4 is 4.90 Å². The van der Waals surface area contributed by atoms with Gasteiger partial charge < -0.3 is 4.90 Å². The fourth-order valence-electron chi connectivity index (χ4n) is 4.37. The molecule has 0 amide bonds. The minimum Gasteiger partial charge on any atom is -0.355 e. The summed E-state index contributed by atoms with van der Waals surface area (Å²) in [5.41, 5.74) is 1.41. The van der Waals surface area contributed by atoms with E-state index in [4.69, 9.17) is 0 Å². The summed E-state index contributed by atoms with van der Waals surface area (Å²) in [4.78, 5) is 4.54. The van der Waals surface area contributed by atoms with Crippen molar-refractivity contribution in [2.75, 3.05) is 31.1 Å². The van der Waals surface area contributed by atoms with Gasteiger partial charge in [-0.25, -0.2) is 0 Å². The molecule has 6 nitrogen and oxygen atoms in total. The van der Waals surface area contributed by atoms with E-state index in [9.17, 15) is 13.2 Å². The van der Waals surface area contributed by atoms with Crippen LogP contribution in [0.1, 0.15) is 11.4 Å². The van der Waals surface area contributed by atoms with Gasteiger partial charge in [0.05, 0.1) is 0 Å². The van der Waals surface area contributed by atoms with Gasteiger partial charge in [-0.05, 0) is 29.5 Å². The molecule has 2 fully saturated rings. The smallest absolute Gasteiger partial charge is 0.355 e.